The highest BCUT2D eigenvalue weighted by molar-refractivity contribution is 5.78. The van der Waals surface area contributed by atoms with Crippen molar-refractivity contribution < 1.29 is 18.0 Å². The van der Waals surface area contributed by atoms with Gasteiger partial charge in [0.1, 0.15) is 6.54 Å². The number of halogens is 3. The Labute approximate surface area is 123 Å². The fourth-order valence-electron chi connectivity index (χ4n) is 3.19. The predicted molar refractivity (Wildman–Crippen MR) is 74.0 cm³/mol. The number of carbonyl (C=O) groups excluding carboxylic acids is 1. The van der Waals surface area contributed by atoms with Crippen LogP contribution in [-0.2, 0) is 4.79 Å². The summed E-state index contributed by atoms with van der Waals surface area (Å²) in [6, 6.07) is 0.305. The maximum atomic E-state index is 12.1. The Hall–Kier alpha value is -0.820. The lowest BCUT2D eigenvalue weighted by atomic mass is 10.1. The number of amides is 1. The number of nitrogens with one attached hydrogen (secondary N) is 1. The molecular formula is C14H24F3N3O. The van der Waals surface area contributed by atoms with Crippen LogP contribution in [0.1, 0.15) is 32.1 Å². The minimum absolute atomic E-state index is 0.0780. The molecule has 2 aliphatic heterocycles. The van der Waals surface area contributed by atoms with Gasteiger partial charge in [-0.1, -0.05) is 6.42 Å². The highest BCUT2D eigenvalue weighted by Crippen LogP contribution is 2.20. The molecule has 1 N–H and O–H groups in total. The van der Waals surface area contributed by atoms with E-state index in [-0.39, 0.29) is 6.54 Å². The second-order valence-corrected chi connectivity index (χ2v) is 6.02. The number of nitrogens with zero attached hydrogens (tertiary/aromatic N) is 2. The number of piperidine rings is 1. The second kappa shape index (κ2) is 7.45. The Balaban J connectivity index is 1.74. The van der Waals surface area contributed by atoms with E-state index in [2.05, 4.69) is 4.90 Å². The van der Waals surface area contributed by atoms with Gasteiger partial charge in [0.15, 0.2) is 0 Å². The lowest BCUT2D eigenvalue weighted by Gasteiger charge is -2.32. The largest absolute Gasteiger partial charge is 0.405 e. The molecule has 0 radical (unpaired) electrons. The van der Waals surface area contributed by atoms with Crippen molar-refractivity contribution >= 4 is 5.91 Å². The first kappa shape index (κ1) is 16.5. The third-order valence-electron chi connectivity index (χ3n) is 4.25. The molecule has 1 amide bonds. The van der Waals surface area contributed by atoms with E-state index in [0.29, 0.717) is 6.04 Å². The molecule has 0 spiro atoms. The molecular weight excluding hydrogens is 283 g/mol. The minimum atomic E-state index is -4.34. The van der Waals surface area contributed by atoms with E-state index in [0.717, 1.165) is 39.0 Å². The van der Waals surface area contributed by atoms with E-state index in [1.807, 2.05) is 10.2 Å². The Morgan fingerprint density at radius 1 is 1.10 bits per heavy atom. The number of carbonyl (C=O) groups is 1. The van der Waals surface area contributed by atoms with Crippen molar-refractivity contribution in [1.29, 1.82) is 0 Å². The summed E-state index contributed by atoms with van der Waals surface area (Å²) in [5.74, 6) is -0.530. The van der Waals surface area contributed by atoms with Crippen molar-refractivity contribution in [3.8, 4) is 0 Å². The average molecular weight is 307 g/mol. The van der Waals surface area contributed by atoms with Crippen LogP contribution in [0.5, 0.6) is 0 Å². The molecule has 7 heteroatoms. The van der Waals surface area contributed by atoms with Gasteiger partial charge in [0.05, 0.1) is 6.54 Å². The van der Waals surface area contributed by atoms with Gasteiger partial charge in [-0.15, -0.1) is 0 Å². The van der Waals surface area contributed by atoms with E-state index in [4.69, 9.17) is 0 Å². The summed E-state index contributed by atoms with van der Waals surface area (Å²) in [5, 5.41) is 1.95. The Morgan fingerprint density at radius 2 is 1.81 bits per heavy atom. The van der Waals surface area contributed by atoms with Crippen LogP contribution >= 0.6 is 0 Å². The Bertz CT molecular complexity index is 343. The maximum absolute atomic E-state index is 12.1. The van der Waals surface area contributed by atoms with Crippen LogP contribution in [0, 0.1) is 0 Å². The lowest BCUT2D eigenvalue weighted by molar-refractivity contribution is -0.139. The molecule has 2 fully saturated rings. The topological polar surface area (TPSA) is 35.6 Å². The highest BCUT2D eigenvalue weighted by atomic mass is 19.4. The second-order valence-electron chi connectivity index (χ2n) is 6.02. The summed E-state index contributed by atoms with van der Waals surface area (Å²) in [4.78, 5) is 16.1. The van der Waals surface area contributed by atoms with Gasteiger partial charge in [0.25, 0.3) is 0 Å². The molecule has 0 saturated carbocycles. The van der Waals surface area contributed by atoms with Crippen LogP contribution in [0.15, 0.2) is 0 Å². The molecule has 2 saturated heterocycles. The smallest absolute Gasteiger partial charge is 0.346 e. The highest BCUT2D eigenvalue weighted by Gasteiger charge is 2.31. The quantitative estimate of drug-likeness (QED) is 0.838. The summed E-state index contributed by atoms with van der Waals surface area (Å²) in [7, 11) is 0. The molecule has 1 atom stereocenters. The molecule has 0 aromatic heterocycles. The van der Waals surface area contributed by atoms with E-state index < -0.39 is 18.6 Å². The van der Waals surface area contributed by atoms with Crippen molar-refractivity contribution in [3.05, 3.63) is 0 Å². The molecule has 0 aromatic rings. The third kappa shape index (κ3) is 5.82. The zero-order valence-electron chi connectivity index (χ0n) is 12.3. The number of hydrogen-bond acceptors (Lipinski definition) is 3. The maximum Gasteiger partial charge on any atom is 0.405 e. The molecule has 4 nitrogen and oxygen atoms in total. The zero-order valence-corrected chi connectivity index (χ0v) is 12.3. The number of likely N-dealkylation sites (tertiary alicyclic amines) is 2. The van der Waals surface area contributed by atoms with Crippen LogP contribution in [0.2, 0.25) is 0 Å². The van der Waals surface area contributed by atoms with Crippen LogP contribution in [0.25, 0.3) is 0 Å². The molecule has 21 heavy (non-hydrogen) atoms. The van der Waals surface area contributed by atoms with Gasteiger partial charge < -0.3 is 10.2 Å². The lowest BCUT2D eigenvalue weighted by Crippen LogP contribution is -2.47. The monoisotopic (exact) mass is 307 g/mol. The standard InChI is InChI=1S/C14H24F3N3O/c15-14(16,17)11-18-13(21)10-20-8-4-5-12(20)9-19-6-2-1-3-7-19/h12H,1-11H2,(H,18,21)/t12-/m0/s1. The SMILES string of the molecule is O=C(CN1CCC[C@H]1CN1CCCCC1)NCC(F)(F)F. The molecule has 0 unspecified atom stereocenters. The first-order valence-electron chi connectivity index (χ1n) is 7.74. The van der Waals surface area contributed by atoms with Gasteiger partial charge in [-0.25, -0.2) is 0 Å². The first-order valence-corrected chi connectivity index (χ1v) is 7.74. The van der Waals surface area contributed by atoms with Crippen LogP contribution in [0.4, 0.5) is 13.2 Å². The first-order chi connectivity index (χ1) is 9.94. The number of hydrogen-bond donors (Lipinski definition) is 1. The predicted octanol–water partition coefficient (Wildman–Crippen LogP) is 1.62. The fourth-order valence-corrected chi connectivity index (χ4v) is 3.19. The van der Waals surface area contributed by atoms with Crippen LogP contribution < -0.4 is 5.32 Å². The average Bonchev–Trinajstić information content (AvgIpc) is 2.84. The summed E-state index contributed by atoms with van der Waals surface area (Å²) < 4.78 is 36.2. The van der Waals surface area contributed by atoms with Gasteiger partial charge in [-0.3, -0.25) is 9.69 Å². The molecule has 0 aromatic carbocycles. The zero-order chi connectivity index (χ0) is 15.3. The van der Waals surface area contributed by atoms with Gasteiger partial charge in [-0.2, -0.15) is 13.2 Å². The molecule has 0 bridgehead atoms. The van der Waals surface area contributed by atoms with Crippen LogP contribution in [0.3, 0.4) is 0 Å². The minimum Gasteiger partial charge on any atom is -0.346 e. The fraction of sp³-hybridized carbons (Fsp3) is 0.929. The Morgan fingerprint density at radius 3 is 2.48 bits per heavy atom. The van der Waals surface area contributed by atoms with E-state index in [9.17, 15) is 18.0 Å². The van der Waals surface area contributed by atoms with Gasteiger partial charge in [0, 0.05) is 12.6 Å². The molecule has 2 heterocycles. The van der Waals surface area contributed by atoms with Crippen LogP contribution in [-0.4, -0.2) is 67.2 Å². The van der Waals surface area contributed by atoms with Gasteiger partial charge in [0.2, 0.25) is 5.91 Å². The van der Waals surface area contributed by atoms with E-state index >= 15 is 0 Å². The third-order valence-corrected chi connectivity index (χ3v) is 4.25. The van der Waals surface area contributed by atoms with Crippen molar-refractivity contribution in [2.75, 3.05) is 39.3 Å². The number of alkyl halides is 3. The van der Waals surface area contributed by atoms with Crippen molar-refractivity contribution in [1.82, 2.24) is 15.1 Å². The Kier molecular flexibility index (Phi) is 5.87. The molecule has 2 rings (SSSR count). The van der Waals surface area contributed by atoms with Crippen molar-refractivity contribution in [3.63, 3.8) is 0 Å². The summed E-state index contributed by atoms with van der Waals surface area (Å²) in [5.41, 5.74) is 0. The molecule has 122 valence electrons. The van der Waals surface area contributed by atoms with Crippen molar-refractivity contribution in [2.45, 2.75) is 44.3 Å². The summed E-state index contributed by atoms with van der Waals surface area (Å²) in [6.45, 7) is 2.78. The van der Waals surface area contributed by atoms with Gasteiger partial charge in [-0.05, 0) is 45.3 Å². The normalized spacial score (nSPS) is 25.2. The molecule has 2 aliphatic rings. The molecule has 0 aliphatic carbocycles. The summed E-state index contributed by atoms with van der Waals surface area (Å²) in [6.07, 6.45) is 1.43. The van der Waals surface area contributed by atoms with Crippen molar-refractivity contribution in [2.24, 2.45) is 0 Å². The van der Waals surface area contributed by atoms with E-state index in [1.54, 1.807) is 0 Å². The van der Waals surface area contributed by atoms with Gasteiger partial charge >= 0.3 is 6.18 Å². The number of rotatable bonds is 5. The van der Waals surface area contributed by atoms with E-state index in [1.165, 1.54) is 19.3 Å². The summed E-state index contributed by atoms with van der Waals surface area (Å²) >= 11 is 0.